The van der Waals surface area contributed by atoms with Gasteiger partial charge >= 0.3 is 6.03 Å². The molecule has 0 aromatic heterocycles. The summed E-state index contributed by atoms with van der Waals surface area (Å²) in [7, 11) is -3.53. The molecule has 0 radical (unpaired) electrons. The van der Waals surface area contributed by atoms with Gasteiger partial charge in [0.2, 0.25) is 15.9 Å². The van der Waals surface area contributed by atoms with Crippen molar-refractivity contribution < 1.29 is 18.0 Å². The Hall–Kier alpha value is -3.17. The summed E-state index contributed by atoms with van der Waals surface area (Å²) in [5.41, 5.74) is 2.16. The summed E-state index contributed by atoms with van der Waals surface area (Å²) in [5.74, 6) is -0.400. The zero-order valence-electron chi connectivity index (χ0n) is 17.6. The Morgan fingerprint density at radius 1 is 1.03 bits per heavy atom. The van der Waals surface area contributed by atoms with E-state index in [1.54, 1.807) is 29.2 Å². The molecule has 9 heteroatoms. The molecule has 0 atom stereocenters. The van der Waals surface area contributed by atoms with Crippen LogP contribution in [-0.2, 0) is 14.8 Å². The highest BCUT2D eigenvalue weighted by molar-refractivity contribution is 7.92. The van der Waals surface area contributed by atoms with Gasteiger partial charge in [-0.2, -0.15) is 4.31 Å². The predicted molar refractivity (Wildman–Crippen MR) is 125 cm³/mol. The van der Waals surface area contributed by atoms with Crippen LogP contribution in [0.3, 0.4) is 0 Å². The van der Waals surface area contributed by atoms with E-state index in [-0.39, 0.29) is 17.9 Å². The maximum Gasteiger partial charge on any atom is 0.321 e. The van der Waals surface area contributed by atoms with Gasteiger partial charge in [-0.15, -0.1) is 0 Å². The number of benzene rings is 2. The molecule has 2 N–H and O–H groups in total. The summed E-state index contributed by atoms with van der Waals surface area (Å²) in [6, 6.07) is 16.3. The molecule has 0 spiro atoms. The Morgan fingerprint density at radius 3 is 2.47 bits per heavy atom. The predicted octanol–water partition coefficient (Wildman–Crippen LogP) is 2.87. The van der Waals surface area contributed by atoms with Gasteiger partial charge in [0.1, 0.15) is 0 Å². The Bertz CT molecular complexity index is 1110. The van der Waals surface area contributed by atoms with Gasteiger partial charge in [0.05, 0.1) is 0 Å². The van der Waals surface area contributed by atoms with Crippen molar-refractivity contribution in [2.24, 2.45) is 5.92 Å². The summed E-state index contributed by atoms with van der Waals surface area (Å²) in [4.78, 5) is 26.2. The van der Waals surface area contributed by atoms with Crippen LogP contribution in [0.2, 0.25) is 0 Å². The van der Waals surface area contributed by atoms with Crippen molar-refractivity contribution in [3.8, 4) is 0 Å². The second-order valence-electron chi connectivity index (χ2n) is 7.85. The largest absolute Gasteiger partial charge is 0.336 e. The van der Waals surface area contributed by atoms with Gasteiger partial charge in [0.25, 0.3) is 0 Å². The average Bonchev–Trinajstić information content (AvgIpc) is 3.24. The van der Waals surface area contributed by atoms with E-state index in [0.29, 0.717) is 44.7 Å². The molecular weight excluding hydrogens is 428 g/mol. The van der Waals surface area contributed by atoms with E-state index in [1.807, 2.05) is 36.4 Å². The SMILES string of the molecule is O=C(Nc1cccc(N2CCNC2=O)c1)C1CCN(S(=O)(=O)C=Cc2ccccc2)CC1. The maximum absolute atomic E-state index is 12.7. The number of urea groups is 1. The van der Waals surface area contributed by atoms with Crippen LogP contribution in [0.5, 0.6) is 0 Å². The van der Waals surface area contributed by atoms with Crippen LogP contribution in [0.25, 0.3) is 6.08 Å². The van der Waals surface area contributed by atoms with Crippen molar-refractivity contribution in [1.82, 2.24) is 9.62 Å². The van der Waals surface area contributed by atoms with Crippen LogP contribution in [0.4, 0.5) is 16.2 Å². The minimum atomic E-state index is -3.53. The van der Waals surface area contributed by atoms with Gasteiger partial charge in [0, 0.05) is 48.9 Å². The molecule has 2 fully saturated rings. The third-order valence-corrected chi connectivity index (χ3v) is 7.26. The Balaban J connectivity index is 1.33. The molecule has 2 aliphatic heterocycles. The first-order valence-electron chi connectivity index (χ1n) is 10.6. The lowest BCUT2D eigenvalue weighted by Crippen LogP contribution is -2.40. The highest BCUT2D eigenvalue weighted by Crippen LogP contribution is 2.25. The number of carbonyl (C=O) groups excluding carboxylic acids is 2. The molecule has 0 aliphatic carbocycles. The highest BCUT2D eigenvalue weighted by atomic mass is 32.2. The molecule has 0 unspecified atom stereocenters. The molecular formula is C23H26N4O4S. The molecule has 0 saturated carbocycles. The van der Waals surface area contributed by atoms with Crippen LogP contribution in [-0.4, -0.2) is 50.8 Å². The Kier molecular flexibility index (Phi) is 6.57. The fraction of sp³-hybridized carbons (Fsp3) is 0.304. The molecule has 2 saturated heterocycles. The molecule has 168 valence electrons. The van der Waals surface area contributed by atoms with Crippen molar-refractivity contribution in [2.45, 2.75) is 12.8 Å². The van der Waals surface area contributed by atoms with Crippen LogP contribution in [0.15, 0.2) is 60.0 Å². The minimum absolute atomic E-state index is 0.134. The fourth-order valence-corrected chi connectivity index (χ4v) is 5.12. The Labute approximate surface area is 188 Å². The van der Waals surface area contributed by atoms with E-state index in [9.17, 15) is 18.0 Å². The van der Waals surface area contributed by atoms with Crippen molar-refractivity contribution >= 4 is 39.4 Å². The second-order valence-corrected chi connectivity index (χ2v) is 9.67. The van der Waals surface area contributed by atoms with Gasteiger partial charge in [-0.25, -0.2) is 13.2 Å². The number of rotatable bonds is 6. The van der Waals surface area contributed by atoms with Gasteiger partial charge in [-0.3, -0.25) is 9.69 Å². The van der Waals surface area contributed by atoms with Crippen molar-refractivity contribution in [1.29, 1.82) is 0 Å². The summed E-state index contributed by atoms with van der Waals surface area (Å²) < 4.78 is 26.7. The van der Waals surface area contributed by atoms with E-state index in [0.717, 1.165) is 11.3 Å². The van der Waals surface area contributed by atoms with Gasteiger partial charge < -0.3 is 10.6 Å². The monoisotopic (exact) mass is 454 g/mol. The molecule has 2 aromatic rings. The van der Waals surface area contributed by atoms with Gasteiger partial charge in [0.15, 0.2) is 0 Å². The van der Waals surface area contributed by atoms with E-state index < -0.39 is 10.0 Å². The molecule has 8 nitrogen and oxygen atoms in total. The lowest BCUT2D eigenvalue weighted by molar-refractivity contribution is -0.120. The minimum Gasteiger partial charge on any atom is -0.336 e. The van der Waals surface area contributed by atoms with Crippen LogP contribution >= 0.6 is 0 Å². The fourth-order valence-electron chi connectivity index (χ4n) is 3.90. The number of sulfonamides is 1. The smallest absolute Gasteiger partial charge is 0.321 e. The first-order chi connectivity index (χ1) is 15.4. The number of hydrogen-bond donors (Lipinski definition) is 2. The van der Waals surface area contributed by atoms with Gasteiger partial charge in [-0.1, -0.05) is 36.4 Å². The van der Waals surface area contributed by atoms with E-state index in [1.165, 1.54) is 9.71 Å². The summed E-state index contributed by atoms with van der Waals surface area (Å²) in [5, 5.41) is 6.89. The van der Waals surface area contributed by atoms with Crippen molar-refractivity contribution in [3.05, 3.63) is 65.6 Å². The maximum atomic E-state index is 12.7. The summed E-state index contributed by atoms with van der Waals surface area (Å²) in [6.07, 6.45) is 2.50. The first kappa shape index (κ1) is 22.0. The number of amides is 3. The van der Waals surface area contributed by atoms with E-state index >= 15 is 0 Å². The number of nitrogens with zero attached hydrogens (tertiary/aromatic N) is 2. The standard InChI is InChI=1S/C23H26N4O4S/c28-22(25-20-7-4-8-21(17-20)27-15-12-24-23(27)29)19-9-13-26(14-10-19)32(30,31)16-11-18-5-2-1-3-6-18/h1-8,11,16-17,19H,9-10,12-15H2,(H,24,29)(H,25,28). The topological polar surface area (TPSA) is 98.8 Å². The molecule has 32 heavy (non-hydrogen) atoms. The van der Waals surface area contributed by atoms with E-state index in [4.69, 9.17) is 0 Å². The lowest BCUT2D eigenvalue weighted by atomic mass is 9.97. The third kappa shape index (κ3) is 5.17. The first-order valence-corrected chi connectivity index (χ1v) is 12.1. The normalized spacial score (nSPS) is 18.1. The number of anilines is 2. The van der Waals surface area contributed by atoms with Crippen LogP contribution < -0.4 is 15.5 Å². The number of hydrogen-bond acceptors (Lipinski definition) is 4. The lowest BCUT2D eigenvalue weighted by Gasteiger charge is -2.29. The zero-order valence-corrected chi connectivity index (χ0v) is 18.4. The molecule has 2 aromatic carbocycles. The highest BCUT2D eigenvalue weighted by Gasteiger charge is 2.30. The van der Waals surface area contributed by atoms with Crippen LogP contribution in [0, 0.1) is 5.92 Å². The van der Waals surface area contributed by atoms with Gasteiger partial charge in [-0.05, 0) is 42.7 Å². The quantitative estimate of drug-likeness (QED) is 0.701. The molecule has 2 heterocycles. The van der Waals surface area contributed by atoms with E-state index in [2.05, 4.69) is 10.6 Å². The molecule has 2 aliphatic rings. The number of piperidine rings is 1. The molecule has 4 rings (SSSR count). The zero-order chi connectivity index (χ0) is 22.6. The van der Waals surface area contributed by atoms with Crippen LogP contribution in [0.1, 0.15) is 18.4 Å². The number of carbonyl (C=O) groups is 2. The third-order valence-electron chi connectivity index (χ3n) is 5.70. The summed E-state index contributed by atoms with van der Waals surface area (Å²) in [6.45, 7) is 1.78. The second kappa shape index (κ2) is 9.54. The summed E-state index contributed by atoms with van der Waals surface area (Å²) >= 11 is 0. The molecule has 0 bridgehead atoms. The molecule has 3 amide bonds. The van der Waals surface area contributed by atoms with Crippen molar-refractivity contribution in [2.75, 3.05) is 36.4 Å². The Morgan fingerprint density at radius 2 is 1.78 bits per heavy atom. The van der Waals surface area contributed by atoms with Crippen molar-refractivity contribution in [3.63, 3.8) is 0 Å². The number of nitrogens with one attached hydrogen (secondary N) is 2. The average molecular weight is 455 g/mol.